The summed E-state index contributed by atoms with van der Waals surface area (Å²) in [5.74, 6) is 0.727. The van der Waals surface area contributed by atoms with E-state index in [4.69, 9.17) is 5.73 Å². The highest BCUT2D eigenvalue weighted by molar-refractivity contribution is 4.85. The van der Waals surface area contributed by atoms with E-state index in [1.165, 1.54) is 12.8 Å². The van der Waals surface area contributed by atoms with E-state index < -0.39 is 0 Å². The van der Waals surface area contributed by atoms with Gasteiger partial charge in [-0.1, -0.05) is 13.0 Å². The maximum absolute atomic E-state index is 5.93. The number of likely N-dealkylation sites (tertiary alicyclic amines) is 1. The van der Waals surface area contributed by atoms with Crippen molar-refractivity contribution in [2.24, 2.45) is 11.7 Å². The largest absolute Gasteiger partial charge is 0.316 e. The zero-order chi connectivity index (χ0) is 8.97. The van der Waals surface area contributed by atoms with Crippen molar-refractivity contribution >= 4 is 0 Å². The molecule has 1 heterocycles. The molecule has 2 nitrogen and oxygen atoms in total. The first-order valence-electron chi connectivity index (χ1n) is 4.90. The van der Waals surface area contributed by atoms with Crippen molar-refractivity contribution in [3.05, 3.63) is 12.7 Å². The lowest BCUT2D eigenvalue weighted by atomic mass is 9.97. The van der Waals surface area contributed by atoms with Gasteiger partial charge < -0.3 is 5.73 Å². The number of piperidine rings is 1. The van der Waals surface area contributed by atoms with Crippen LogP contribution in [0.3, 0.4) is 0 Å². The number of allylic oxidation sites excluding steroid dienone is 1. The summed E-state index contributed by atoms with van der Waals surface area (Å²) in [6.45, 7) is 8.26. The molecule has 1 unspecified atom stereocenters. The first kappa shape index (κ1) is 9.75. The molecule has 0 aromatic carbocycles. The van der Waals surface area contributed by atoms with Crippen LogP contribution in [0.5, 0.6) is 0 Å². The van der Waals surface area contributed by atoms with E-state index in [1.807, 2.05) is 0 Å². The predicted molar refractivity (Wildman–Crippen MR) is 52.8 cm³/mol. The minimum Gasteiger partial charge on any atom is -0.316 e. The van der Waals surface area contributed by atoms with Crippen molar-refractivity contribution in [3.8, 4) is 0 Å². The first-order valence-corrected chi connectivity index (χ1v) is 4.90. The lowest BCUT2D eigenvalue weighted by Crippen LogP contribution is -2.45. The second-order valence-corrected chi connectivity index (χ2v) is 3.58. The molecule has 0 aromatic rings. The summed E-state index contributed by atoms with van der Waals surface area (Å²) in [6.07, 6.45) is 5.87. The molecule has 0 spiro atoms. The van der Waals surface area contributed by atoms with Crippen molar-refractivity contribution in [1.82, 2.24) is 4.90 Å². The molecule has 0 bridgehead atoms. The van der Waals surface area contributed by atoms with Gasteiger partial charge in [-0.05, 0) is 25.2 Å². The summed E-state index contributed by atoms with van der Waals surface area (Å²) >= 11 is 0. The summed E-state index contributed by atoms with van der Waals surface area (Å²) in [5, 5.41) is 0. The molecule has 2 N–H and O–H groups in total. The summed E-state index contributed by atoms with van der Waals surface area (Å²) in [4.78, 5) is 2.38. The number of hydrogen-bond donors (Lipinski definition) is 1. The van der Waals surface area contributed by atoms with E-state index >= 15 is 0 Å². The number of rotatable bonds is 3. The van der Waals surface area contributed by atoms with Crippen molar-refractivity contribution < 1.29 is 0 Å². The van der Waals surface area contributed by atoms with Gasteiger partial charge in [0.2, 0.25) is 0 Å². The third kappa shape index (κ3) is 2.32. The van der Waals surface area contributed by atoms with E-state index in [2.05, 4.69) is 24.5 Å². The molecule has 0 aliphatic carbocycles. The van der Waals surface area contributed by atoms with E-state index in [9.17, 15) is 0 Å². The monoisotopic (exact) mass is 168 g/mol. The highest BCUT2D eigenvalue weighted by Gasteiger charge is 2.19. The minimum absolute atomic E-state index is 0.274. The molecule has 0 amide bonds. The zero-order valence-corrected chi connectivity index (χ0v) is 8.00. The second kappa shape index (κ2) is 4.63. The molecule has 70 valence electrons. The summed E-state index contributed by atoms with van der Waals surface area (Å²) in [7, 11) is 0. The second-order valence-electron chi connectivity index (χ2n) is 3.58. The van der Waals surface area contributed by atoms with Crippen LogP contribution in [0.15, 0.2) is 12.7 Å². The minimum atomic E-state index is 0.274. The zero-order valence-electron chi connectivity index (χ0n) is 8.00. The molecular weight excluding hydrogens is 148 g/mol. The third-order valence-corrected chi connectivity index (χ3v) is 2.79. The average Bonchev–Trinajstić information content (AvgIpc) is 2.17. The highest BCUT2D eigenvalue weighted by atomic mass is 15.2. The van der Waals surface area contributed by atoms with Crippen LogP contribution in [0.25, 0.3) is 0 Å². The van der Waals surface area contributed by atoms with E-state index in [1.54, 1.807) is 0 Å². The molecule has 1 fully saturated rings. The van der Waals surface area contributed by atoms with Crippen LogP contribution < -0.4 is 5.73 Å². The number of nitrogens with two attached hydrogens (primary N) is 1. The average molecular weight is 168 g/mol. The van der Waals surface area contributed by atoms with Crippen LogP contribution in [0, 0.1) is 5.92 Å². The van der Waals surface area contributed by atoms with Crippen molar-refractivity contribution in [2.75, 3.05) is 13.1 Å². The summed E-state index contributed by atoms with van der Waals surface area (Å²) in [6, 6.07) is 0. The fourth-order valence-electron chi connectivity index (χ4n) is 1.74. The molecule has 1 rings (SSSR count). The van der Waals surface area contributed by atoms with Crippen LogP contribution in [-0.4, -0.2) is 24.2 Å². The fraction of sp³-hybridized carbons (Fsp3) is 0.800. The van der Waals surface area contributed by atoms with Crippen LogP contribution in [0.2, 0.25) is 0 Å². The molecule has 0 radical (unpaired) electrons. The maximum atomic E-state index is 5.93. The highest BCUT2D eigenvalue weighted by Crippen LogP contribution is 2.18. The summed E-state index contributed by atoms with van der Waals surface area (Å²) < 4.78 is 0. The predicted octanol–water partition coefficient (Wildman–Crippen LogP) is 1.58. The quantitative estimate of drug-likeness (QED) is 0.648. The Balaban J connectivity index is 2.30. The molecule has 1 atom stereocenters. The summed E-state index contributed by atoms with van der Waals surface area (Å²) in [5.41, 5.74) is 5.93. The Hall–Kier alpha value is -0.340. The Labute approximate surface area is 75.4 Å². The van der Waals surface area contributed by atoms with Gasteiger partial charge in [0, 0.05) is 13.1 Å². The van der Waals surface area contributed by atoms with E-state index in [0.29, 0.717) is 0 Å². The Morgan fingerprint density at radius 1 is 1.58 bits per heavy atom. The van der Waals surface area contributed by atoms with Gasteiger partial charge in [0.15, 0.2) is 0 Å². The molecule has 12 heavy (non-hydrogen) atoms. The maximum Gasteiger partial charge on any atom is 0.0569 e. The Morgan fingerprint density at radius 3 is 2.58 bits per heavy atom. The molecule has 1 aliphatic rings. The fourth-order valence-corrected chi connectivity index (χ4v) is 1.74. The Morgan fingerprint density at radius 2 is 2.17 bits per heavy atom. The topological polar surface area (TPSA) is 29.3 Å². The van der Waals surface area contributed by atoms with Crippen molar-refractivity contribution in [3.63, 3.8) is 0 Å². The Kier molecular flexibility index (Phi) is 3.76. The lowest BCUT2D eigenvalue weighted by molar-refractivity contribution is 0.145. The van der Waals surface area contributed by atoms with E-state index in [-0.39, 0.29) is 6.17 Å². The molecule has 1 saturated heterocycles. The van der Waals surface area contributed by atoms with Gasteiger partial charge in [0.25, 0.3) is 0 Å². The molecule has 2 heteroatoms. The van der Waals surface area contributed by atoms with Crippen LogP contribution in [0.1, 0.15) is 26.2 Å². The lowest BCUT2D eigenvalue weighted by Gasteiger charge is -2.34. The Bertz CT molecular complexity index is 137. The smallest absolute Gasteiger partial charge is 0.0569 e. The van der Waals surface area contributed by atoms with Crippen molar-refractivity contribution in [2.45, 2.75) is 32.4 Å². The van der Waals surface area contributed by atoms with Gasteiger partial charge in [-0.15, -0.1) is 6.58 Å². The van der Waals surface area contributed by atoms with Gasteiger partial charge >= 0.3 is 0 Å². The van der Waals surface area contributed by atoms with Gasteiger partial charge in [-0.3, -0.25) is 4.90 Å². The van der Waals surface area contributed by atoms with Crippen LogP contribution in [-0.2, 0) is 0 Å². The molecular formula is C10H20N2. The van der Waals surface area contributed by atoms with Crippen LogP contribution >= 0.6 is 0 Å². The van der Waals surface area contributed by atoms with Gasteiger partial charge in [0.05, 0.1) is 6.17 Å². The van der Waals surface area contributed by atoms with E-state index in [0.717, 1.165) is 25.4 Å². The van der Waals surface area contributed by atoms with Gasteiger partial charge in [-0.2, -0.15) is 0 Å². The number of nitrogens with zero attached hydrogens (tertiary/aromatic N) is 1. The SMILES string of the molecule is C=CC1CCN(C(N)CC)CC1. The third-order valence-electron chi connectivity index (χ3n) is 2.79. The standard InChI is InChI=1S/C10H20N2/c1-3-9-5-7-12(8-6-9)10(11)4-2/h3,9-10H,1,4-8,11H2,2H3. The first-order chi connectivity index (χ1) is 5.77. The molecule has 0 saturated carbocycles. The molecule has 0 aromatic heterocycles. The normalized spacial score (nSPS) is 23.8. The molecule has 1 aliphatic heterocycles. The van der Waals surface area contributed by atoms with Gasteiger partial charge in [0.1, 0.15) is 0 Å². The van der Waals surface area contributed by atoms with Crippen molar-refractivity contribution in [1.29, 1.82) is 0 Å². The number of hydrogen-bond acceptors (Lipinski definition) is 2. The van der Waals surface area contributed by atoms with Gasteiger partial charge in [-0.25, -0.2) is 0 Å². The van der Waals surface area contributed by atoms with Crippen LogP contribution in [0.4, 0.5) is 0 Å².